The number of rotatable bonds is 1. The van der Waals surface area contributed by atoms with Crippen LogP contribution < -0.4 is 9.47 Å². The first-order valence-corrected chi connectivity index (χ1v) is 4.60. The molecule has 0 amide bonds. The van der Waals surface area contributed by atoms with Gasteiger partial charge in [-0.3, -0.25) is 4.79 Å². The second-order valence-electron chi connectivity index (χ2n) is 3.32. The maximum Gasteiger partial charge on any atom is 0.164 e. The van der Waals surface area contributed by atoms with Crippen molar-refractivity contribution < 1.29 is 14.3 Å². The van der Waals surface area contributed by atoms with Crippen LogP contribution in [0.3, 0.4) is 0 Å². The lowest BCUT2D eigenvalue weighted by Gasteiger charge is -2.21. The fourth-order valence-electron chi connectivity index (χ4n) is 1.64. The first-order chi connectivity index (χ1) is 6.70. The highest BCUT2D eigenvalue weighted by atomic mass is 16.6. The summed E-state index contributed by atoms with van der Waals surface area (Å²) in [5.74, 6) is 1.50. The SMILES string of the molecule is CC(=O)c1ccc2c(c1C)OCCO2. The van der Waals surface area contributed by atoms with E-state index in [-0.39, 0.29) is 5.78 Å². The molecule has 3 heteroatoms. The molecule has 14 heavy (non-hydrogen) atoms. The molecule has 1 aliphatic rings. The molecule has 0 saturated heterocycles. The number of fused-ring (bicyclic) bond motifs is 1. The van der Waals surface area contributed by atoms with Crippen LogP contribution >= 0.6 is 0 Å². The number of hydrogen-bond acceptors (Lipinski definition) is 3. The minimum absolute atomic E-state index is 0.0551. The van der Waals surface area contributed by atoms with Gasteiger partial charge in [-0.15, -0.1) is 0 Å². The van der Waals surface area contributed by atoms with Crippen molar-refractivity contribution in [3.05, 3.63) is 23.3 Å². The summed E-state index contributed by atoms with van der Waals surface area (Å²) in [5.41, 5.74) is 1.57. The molecule has 2 rings (SSSR count). The number of benzene rings is 1. The van der Waals surface area contributed by atoms with E-state index in [1.165, 1.54) is 0 Å². The van der Waals surface area contributed by atoms with Crippen molar-refractivity contribution in [3.63, 3.8) is 0 Å². The zero-order valence-electron chi connectivity index (χ0n) is 8.29. The third-order valence-electron chi connectivity index (χ3n) is 2.34. The van der Waals surface area contributed by atoms with Gasteiger partial charge in [0.05, 0.1) is 0 Å². The molecule has 0 bridgehead atoms. The molecule has 1 aromatic carbocycles. The number of carbonyl (C=O) groups excluding carboxylic acids is 1. The van der Waals surface area contributed by atoms with Crippen LogP contribution in [0.15, 0.2) is 12.1 Å². The smallest absolute Gasteiger partial charge is 0.164 e. The van der Waals surface area contributed by atoms with Gasteiger partial charge in [-0.25, -0.2) is 0 Å². The van der Waals surface area contributed by atoms with Gasteiger partial charge in [0, 0.05) is 11.1 Å². The van der Waals surface area contributed by atoms with E-state index < -0.39 is 0 Å². The average Bonchev–Trinajstić information content (AvgIpc) is 2.18. The summed E-state index contributed by atoms with van der Waals surface area (Å²) in [5, 5.41) is 0. The summed E-state index contributed by atoms with van der Waals surface area (Å²) in [6.45, 7) is 4.56. The fraction of sp³-hybridized carbons (Fsp3) is 0.364. The van der Waals surface area contributed by atoms with Crippen LogP contribution in [0.5, 0.6) is 11.5 Å². The summed E-state index contributed by atoms with van der Waals surface area (Å²) in [6, 6.07) is 3.57. The van der Waals surface area contributed by atoms with E-state index in [9.17, 15) is 4.79 Å². The lowest BCUT2D eigenvalue weighted by molar-refractivity contribution is 0.101. The molecular formula is C11H12O3. The molecule has 0 N–H and O–H groups in total. The van der Waals surface area contributed by atoms with Gasteiger partial charge in [0.2, 0.25) is 0 Å². The minimum Gasteiger partial charge on any atom is -0.486 e. The van der Waals surface area contributed by atoms with E-state index in [0.29, 0.717) is 24.5 Å². The number of ketones is 1. The van der Waals surface area contributed by atoms with Crippen molar-refractivity contribution in [2.24, 2.45) is 0 Å². The number of Topliss-reactive ketones (excluding diaryl/α,β-unsaturated/α-hetero) is 1. The molecule has 74 valence electrons. The quantitative estimate of drug-likeness (QED) is 0.638. The lowest BCUT2D eigenvalue weighted by Crippen LogP contribution is -2.17. The largest absolute Gasteiger partial charge is 0.486 e. The third-order valence-corrected chi connectivity index (χ3v) is 2.34. The highest BCUT2D eigenvalue weighted by molar-refractivity contribution is 5.96. The first kappa shape index (κ1) is 9.06. The van der Waals surface area contributed by atoms with Crippen molar-refractivity contribution in [2.45, 2.75) is 13.8 Å². The van der Waals surface area contributed by atoms with Crippen LogP contribution in [0.2, 0.25) is 0 Å². The highest BCUT2D eigenvalue weighted by Crippen LogP contribution is 2.35. The van der Waals surface area contributed by atoms with Crippen molar-refractivity contribution in [1.29, 1.82) is 0 Å². The molecular weight excluding hydrogens is 180 g/mol. The van der Waals surface area contributed by atoms with Gasteiger partial charge in [-0.2, -0.15) is 0 Å². The molecule has 0 aliphatic carbocycles. The van der Waals surface area contributed by atoms with Gasteiger partial charge in [-0.05, 0) is 26.0 Å². The van der Waals surface area contributed by atoms with Crippen molar-refractivity contribution in [1.82, 2.24) is 0 Å². The molecule has 3 nitrogen and oxygen atoms in total. The first-order valence-electron chi connectivity index (χ1n) is 4.60. The van der Waals surface area contributed by atoms with Gasteiger partial charge in [0.1, 0.15) is 13.2 Å². The van der Waals surface area contributed by atoms with E-state index in [0.717, 1.165) is 11.3 Å². The molecule has 0 atom stereocenters. The Hall–Kier alpha value is -1.51. The van der Waals surface area contributed by atoms with E-state index in [4.69, 9.17) is 9.47 Å². The van der Waals surface area contributed by atoms with E-state index in [1.807, 2.05) is 6.92 Å². The highest BCUT2D eigenvalue weighted by Gasteiger charge is 2.17. The topological polar surface area (TPSA) is 35.5 Å². The van der Waals surface area contributed by atoms with Crippen molar-refractivity contribution in [3.8, 4) is 11.5 Å². The fourth-order valence-corrected chi connectivity index (χ4v) is 1.64. The number of hydrogen-bond donors (Lipinski definition) is 0. The van der Waals surface area contributed by atoms with Crippen molar-refractivity contribution in [2.75, 3.05) is 13.2 Å². The molecule has 1 aliphatic heterocycles. The molecule has 0 spiro atoms. The molecule has 1 aromatic rings. The normalized spacial score (nSPS) is 13.9. The Labute approximate surface area is 82.6 Å². The molecule has 1 heterocycles. The van der Waals surface area contributed by atoms with Gasteiger partial charge < -0.3 is 9.47 Å². The van der Waals surface area contributed by atoms with Crippen LogP contribution in [-0.2, 0) is 0 Å². The zero-order valence-corrected chi connectivity index (χ0v) is 8.29. The predicted octanol–water partition coefficient (Wildman–Crippen LogP) is 1.97. The Morgan fingerprint density at radius 3 is 2.71 bits per heavy atom. The summed E-state index contributed by atoms with van der Waals surface area (Å²) >= 11 is 0. The van der Waals surface area contributed by atoms with Gasteiger partial charge >= 0.3 is 0 Å². The monoisotopic (exact) mass is 192 g/mol. The second kappa shape index (κ2) is 3.33. The maximum absolute atomic E-state index is 11.3. The summed E-state index contributed by atoms with van der Waals surface area (Å²) in [7, 11) is 0. The average molecular weight is 192 g/mol. The van der Waals surface area contributed by atoms with Crippen LogP contribution in [0.1, 0.15) is 22.8 Å². The number of carbonyl (C=O) groups is 1. The lowest BCUT2D eigenvalue weighted by atomic mass is 10.0. The molecule has 0 radical (unpaired) electrons. The molecule has 0 aromatic heterocycles. The van der Waals surface area contributed by atoms with E-state index >= 15 is 0 Å². The maximum atomic E-state index is 11.3. The third kappa shape index (κ3) is 1.35. The standard InChI is InChI=1S/C11H12O3/c1-7-9(8(2)12)3-4-10-11(7)14-6-5-13-10/h3-4H,5-6H2,1-2H3. The Balaban J connectivity index is 2.54. The van der Waals surface area contributed by atoms with E-state index in [1.54, 1.807) is 19.1 Å². The Kier molecular flexibility index (Phi) is 2.15. The van der Waals surface area contributed by atoms with E-state index in [2.05, 4.69) is 0 Å². The van der Waals surface area contributed by atoms with Gasteiger partial charge in [0.15, 0.2) is 17.3 Å². The van der Waals surface area contributed by atoms with Crippen LogP contribution in [0.4, 0.5) is 0 Å². The van der Waals surface area contributed by atoms with Crippen LogP contribution in [0.25, 0.3) is 0 Å². The van der Waals surface area contributed by atoms with Gasteiger partial charge in [-0.1, -0.05) is 0 Å². The molecule has 0 saturated carbocycles. The second-order valence-corrected chi connectivity index (χ2v) is 3.32. The zero-order chi connectivity index (χ0) is 10.1. The summed E-state index contributed by atoms with van der Waals surface area (Å²) in [4.78, 5) is 11.3. The van der Waals surface area contributed by atoms with Gasteiger partial charge in [0.25, 0.3) is 0 Å². The van der Waals surface area contributed by atoms with Crippen LogP contribution in [-0.4, -0.2) is 19.0 Å². The number of ether oxygens (including phenoxy) is 2. The Morgan fingerprint density at radius 1 is 1.29 bits per heavy atom. The minimum atomic E-state index is 0.0551. The molecule has 0 fully saturated rings. The predicted molar refractivity (Wildman–Crippen MR) is 52.2 cm³/mol. The van der Waals surface area contributed by atoms with Crippen LogP contribution in [0, 0.1) is 6.92 Å². The Bertz CT molecular complexity index is 382. The molecule has 0 unspecified atom stereocenters. The summed E-state index contributed by atoms with van der Waals surface area (Å²) in [6.07, 6.45) is 0. The Morgan fingerprint density at radius 2 is 2.00 bits per heavy atom. The summed E-state index contributed by atoms with van der Waals surface area (Å²) < 4.78 is 10.9. The van der Waals surface area contributed by atoms with Crippen molar-refractivity contribution >= 4 is 5.78 Å².